The van der Waals surface area contributed by atoms with Crippen LogP contribution in [0.4, 0.5) is 0 Å². The quantitative estimate of drug-likeness (QED) is 0.547. The smallest absolute Gasteiger partial charge is 0.284 e. The van der Waals surface area contributed by atoms with Crippen LogP contribution in [0.5, 0.6) is 0 Å². The molecule has 1 heterocycles. The van der Waals surface area contributed by atoms with E-state index in [0.717, 1.165) is 0 Å². The first kappa shape index (κ1) is 7.36. The molecule has 0 saturated heterocycles. The normalized spacial score (nSPS) is 21.2. The summed E-state index contributed by atoms with van der Waals surface area (Å²) >= 11 is 0. The Balaban J connectivity index is 2.76. The van der Waals surface area contributed by atoms with Gasteiger partial charge in [0, 0.05) is 5.56 Å². The Labute approximate surface area is 70.9 Å². The highest BCUT2D eigenvalue weighted by atomic mass is 32.2. The molecule has 3 nitrogen and oxygen atoms in total. The van der Waals surface area contributed by atoms with Crippen molar-refractivity contribution in [3.63, 3.8) is 0 Å². The molecule has 2 rings (SSSR count). The average molecular weight is 180 g/mol. The van der Waals surface area contributed by atoms with Crippen LogP contribution < -0.4 is 0 Å². The van der Waals surface area contributed by atoms with Crippen LogP contribution in [0.2, 0.25) is 0 Å². The van der Waals surface area contributed by atoms with Gasteiger partial charge in [0.15, 0.2) is 0 Å². The van der Waals surface area contributed by atoms with Crippen LogP contribution in [0, 0.1) is 0 Å². The van der Waals surface area contributed by atoms with Crippen LogP contribution in [0.15, 0.2) is 29.2 Å². The fourth-order valence-corrected chi connectivity index (χ4v) is 2.15. The molecule has 12 heavy (non-hydrogen) atoms. The number of Topliss-reactive ketones (excluding diaryl/α,β-unsaturated/α-hetero) is 1. The summed E-state index contributed by atoms with van der Waals surface area (Å²) in [6, 6.07) is 6.35. The van der Waals surface area contributed by atoms with E-state index in [9.17, 15) is 13.8 Å². The summed E-state index contributed by atoms with van der Waals surface area (Å²) in [4.78, 5) is 22.3. The topological polar surface area (TPSA) is 51.2 Å². The predicted octanol–water partition coefficient (Wildman–Crippen LogP) is 0.517. The van der Waals surface area contributed by atoms with Gasteiger partial charge in [0.25, 0.3) is 5.12 Å². The lowest BCUT2D eigenvalue weighted by molar-refractivity contribution is -0.107. The standard InChI is InChI=1S/C8H4O3S/c9-7-5-3-1-2-4-6(5)12(11)8(7)10/h1-4H. The monoisotopic (exact) mass is 180 g/mol. The van der Waals surface area contributed by atoms with Crippen molar-refractivity contribution in [2.24, 2.45) is 0 Å². The maximum Gasteiger partial charge on any atom is 0.294 e. The molecule has 1 aromatic rings. The van der Waals surface area contributed by atoms with Gasteiger partial charge in [-0.1, -0.05) is 12.1 Å². The Bertz CT molecular complexity index is 372. The van der Waals surface area contributed by atoms with E-state index in [1.165, 1.54) is 12.1 Å². The van der Waals surface area contributed by atoms with Crippen molar-refractivity contribution in [2.45, 2.75) is 4.90 Å². The molecule has 0 radical (unpaired) electrons. The highest BCUT2D eigenvalue weighted by Crippen LogP contribution is 2.22. The van der Waals surface area contributed by atoms with E-state index in [0.29, 0.717) is 4.90 Å². The van der Waals surface area contributed by atoms with Gasteiger partial charge in [-0.15, -0.1) is 0 Å². The molecule has 0 spiro atoms. The largest absolute Gasteiger partial charge is 0.294 e. The van der Waals surface area contributed by atoms with Crippen LogP contribution in [-0.4, -0.2) is 15.1 Å². The minimum Gasteiger partial charge on any atom is -0.284 e. The van der Waals surface area contributed by atoms with Crippen molar-refractivity contribution in [2.75, 3.05) is 0 Å². The summed E-state index contributed by atoms with van der Waals surface area (Å²) in [7, 11) is -1.76. The lowest BCUT2D eigenvalue weighted by Gasteiger charge is -1.89. The van der Waals surface area contributed by atoms with Crippen LogP contribution in [0.25, 0.3) is 0 Å². The summed E-state index contributed by atoms with van der Waals surface area (Å²) in [5.74, 6) is -0.635. The van der Waals surface area contributed by atoms with Crippen LogP contribution in [-0.2, 0) is 15.6 Å². The molecule has 0 bridgehead atoms. The number of benzene rings is 1. The second-order valence-corrected chi connectivity index (χ2v) is 3.73. The van der Waals surface area contributed by atoms with Gasteiger partial charge < -0.3 is 0 Å². The summed E-state index contributed by atoms with van der Waals surface area (Å²) < 4.78 is 11.1. The zero-order valence-corrected chi connectivity index (χ0v) is 6.76. The molecule has 0 aliphatic carbocycles. The minimum atomic E-state index is -1.76. The van der Waals surface area contributed by atoms with Gasteiger partial charge in [-0.05, 0) is 12.1 Å². The van der Waals surface area contributed by atoms with Gasteiger partial charge in [-0.25, -0.2) is 4.21 Å². The second kappa shape index (κ2) is 2.35. The predicted molar refractivity (Wildman–Crippen MR) is 42.2 cm³/mol. The lowest BCUT2D eigenvalue weighted by Crippen LogP contribution is -2.08. The number of hydrogen-bond donors (Lipinski definition) is 0. The fraction of sp³-hybridized carbons (Fsp3) is 0. The Morgan fingerprint density at radius 2 is 1.75 bits per heavy atom. The van der Waals surface area contributed by atoms with Crippen molar-refractivity contribution in [1.29, 1.82) is 0 Å². The second-order valence-electron chi connectivity index (χ2n) is 2.38. The van der Waals surface area contributed by atoms with Crippen LogP contribution in [0.1, 0.15) is 10.4 Å². The number of carbonyl (C=O) groups excluding carboxylic acids is 2. The molecule has 4 heteroatoms. The Hall–Kier alpha value is -1.29. The average Bonchev–Trinajstić information content (AvgIpc) is 2.33. The van der Waals surface area contributed by atoms with E-state index < -0.39 is 21.7 Å². The Morgan fingerprint density at radius 1 is 1.08 bits per heavy atom. The van der Waals surface area contributed by atoms with Crippen molar-refractivity contribution in [3.05, 3.63) is 29.8 Å². The third kappa shape index (κ3) is 0.783. The summed E-state index contributed by atoms with van der Waals surface area (Å²) in [6.07, 6.45) is 0. The van der Waals surface area contributed by atoms with Crippen molar-refractivity contribution in [3.8, 4) is 0 Å². The SMILES string of the molecule is O=C1C(=O)S(=O)c2ccccc21. The number of fused-ring (bicyclic) bond motifs is 1. The Kier molecular flexibility index (Phi) is 1.44. The maximum atomic E-state index is 11.1. The van der Waals surface area contributed by atoms with Crippen LogP contribution >= 0.6 is 0 Å². The molecule has 0 N–H and O–H groups in total. The molecule has 1 aliphatic heterocycles. The fourth-order valence-electron chi connectivity index (χ4n) is 1.11. The van der Waals surface area contributed by atoms with E-state index in [1.807, 2.05) is 0 Å². The highest BCUT2D eigenvalue weighted by Gasteiger charge is 2.35. The lowest BCUT2D eigenvalue weighted by atomic mass is 10.1. The third-order valence-corrected chi connectivity index (χ3v) is 2.96. The van der Waals surface area contributed by atoms with E-state index in [-0.39, 0.29) is 5.56 Å². The van der Waals surface area contributed by atoms with Crippen LogP contribution in [0.3, 0.4) is 0 Å². The van der Waals surface area contributed by atoms with Crippen molar-refractivity contribution >= 4 is 21.7 Å². The van der Waals surface area contributed by atoms with E-state index in [4.69, 9.17) is 0 Å². The number of hydrogen-bond acceptors (Lipinski definition) is 3. The zero-order chi connectivity index (χ0) is 8.72. The minimum absolute atomic E-state index is 0.279. The molecule has 1 aliphatic rings. The van der Waals surface area contributed by atoms with Gasteiger partial charge >= 0.3 is 0 Å². The molecule has 0 amide bonds. The molecular formula is C8H4O3S. The molecule has 0 fully saturated rings. The summed E-state index contributed by atoms with van der Waals surface area (Å²) in [5, 5.41) is -0.809. The molecule has 0 aromatic heterocycles. The first-order valence-electron chi connectivity index (χ1n) is 3.31. The van der Waals surface area contributed by atoms with E-state index in [2.05, 4.69) is 0 Å². The maximum absolute atomic E-state index is 11.1. The van der Waals surface area contributed by atoms with Gasteiger partial charge in [0.1, 0.15) is 10.8 Å². The highest BCUT2D eigenvalue weighted by molar-refractivity contribution is 8.03. The van der Waals surface area contributed by atoms with Gasteiger partial charge in [0.05, 0.1) is 4.90 Å². The van der Waals surface area contributed by atoms with Gasteiger partial charge in [0.2, 0.25) is 5.78 Å². The van der Waals surface area contributed by atoms with E-state index in [1.54, 1.807) is 12.1 Å². The van der Waals surface area contributed by atoms with Gasteiger partial charge in [-0.2, -0.15) is 0 Å². The number of rotatable bonds is 0. The van der Waals surface area contributed by atoms with Crippen molar-refractivity contribution < 1.29 is 13.8 Å². The molecule has 1 atom stereocenters. The molecule has 1 aromatic carbocycles. The number of carbonyl (C=O) groups is 2. The molecule has 1 unspecified atom stereocenters. The zero-order valence-electron chi connectivity index (χ0n) is 5.94. The molecule has 0 saturated carbocycles. The molecular weight excluding hydrogens is 176 g/mol. The summed E-state index contributed by atoms with van der Waals surface area (Å²) in [6.45, 7) is 0. The first-order valence-corrected chi connectivity index (χ1v) is 4.46. The van der Waals surface area contributed by atoms with Gasteiger partial charge in [-0.3, -0.25) is 9.59 Å². The van der Waals surface area contributed by atoms with E-state index >= 15 is 0 Å². The molecule has 60 valence electrons. The number of ketones is 1. The third-order valence-electron chi connectivity index (χ3n) is 1.69. The summed E-state index contributed by atoms with van der Waals surface area (Å²) in [5.41, 5.74) is 0.279. The Morgan fingerprint density at radius 3 is 2.42 bits per heavy atom. The van der Waals surface area contributed by atoms with Crippen molar-refractivity contribution in [1.82, 2.24) is 0 Å². The first-order chi connectivity index (χ1) is 5.72.